The van der Waals surface area contributed by atoms with Gasteiger partial charge in [0.15, 0.2) is 0 Å². The van der Waals surface area contributed by atoms with Gasteiger partial charge in [0.1, 0.15) is 6.10 Å². The Morgan fingerprint density at radius 3 is 2.23 bits per heavy atom. The second kappa shape index (κ2) is 8.93. The molecule has 1 fully saturated rings. The van der Waals surface area contributed by atoms with Gasteiger partial charge in [-0.3, -0.25) is 4.90 Å². The third-order valence-corrected chi connectivity index (χ3v) is 7.65. The highest BCUT2D eigenvalue weighted by Gasteiger charge is 2.53. The molecule has 3 rings (SSSR count). The molecule has 0 aromatic heterocycles. The van der Waals surface area contributed by atoms with Crippen molar-refractivity contribution < 1.29 is 9.53 Å². The summed E-state index contributed by atoms with van der Waals surface area (Å²) < 4.78 is 6.13. The van der Waals surface area contributed by atoms with Gasteiger partial charge in [-0.15, -0.1) is 0 Å². The fourth-order valence-corrected chi connectivity index (χ4v) is 5.00. The minimum absolute atomic E-state index is 0.0379. The molecule has 2 aromatic rings. The number of hydrogen-bond donors (Lipinski definition) is 0. The fraction of sp³-hybridized carbons (Fsp3) is 0.519. The van der Waals surface area contributed by atoms with E-state index >= 15 is 0 Å². The Labute approximate surface area is 182 Å². The van der Waals surface area contributed by atoms with Crippen LogP contribution in [0.15, 0.2) is 54.6 Å². The largest absolute Gasteiger partial charge is 0.458 e. The molecule has 0 aliphatic carbocycles. The van der Waals surface area contributed by atoms with Crippen LogP contribution in [0.2, 0.25) is 0 Å². The first-order valence-electron chi connectivity index (χ1n) is 11.3. The number of hydrogen-bond acceptors (Lipinski definition) is 3. The molecule has 4 atom stereocenters. The Morgan fingerprint density at radius 2 is 1.67 bits per heavy atom. The summed E-state index contributed by atoms with van der Waals surface area (Å²) in [5.74, 6) is 0.0246. The van der Waals surface area contributed by atoms with E-state index in [1.54, 1.807) is 0 Å². The van der Waals surface area contributed by atoms with Crippen molar-refractivity contribution in [3.63, 3.8) is 0 Å². The molecule has 1 aliphatic heterocycles. The highest BCUT2D eigenvalue weighted by atomic mass is 16.5. The lowest BCUT2D eigenvalue weighted by molar-refractivity contribution is -0.143. The maximum absolute atomic E-state index is 12.8. The summed E-state index contributed by atoms with van der Waals surface area (Å²) in [7, 11) is 0. The molecule has 30 heavy (non-hydrogen) atoms. The molecule has 3 nitrogen and oxygen atoms in total. The summed E-state index contributed by atoms with van der Waals surface area (Å²) in [5, 5.41) is 0. The summed E-state index contributed by atoms with van der Waals surface area (Å²) in [5.41, 5.74) is 3.16. The van der Waals surface area contributed by atoms with Gasteiger partial charge in [-0.1, -0.05) is 68.8 Å². The van der Waals surface area contributed by atoms with Crippen LogP contribution in [0, 0.1) is 12.8 Å². The highest BCUT2D eigenvalue weighted by Crippen LogP contribution is 2.47. The first-order valence-corrected chi connectivity index (χ1v) is 11.3. The number of likely N-dealkylation sites (tertiary alicyclic amines) is 1. The number of rotatable bonds is 6. The zero-order valence-electron chi connectivity index (χ0n) is 19.4. The summed E-state index contributed by atoms with van der Waals surface area (Å²) in [6.45, 7) is 14.5. The zero-order valence-corrected chi connectivity index (χ0v) is 19.4. The van der Waals surface area contributed by atoms with Gasteiger partial charge in [0, 0.05) is 30.0 Å². The lowest BCUT2D eigenvalue weighted by Crippen LogP contribution is -2.67. The van der Waals surface area contributed by atoms with Crippen molar-refractivity contribution in [1.29, 1.82) is 0 Å². The number of esters is 1. The van der Waals surface area contributed by atoms with Gasteiger partial charge in [-0.05, 0) is 51.3 Å². The average molecular weight is 408 g/mol. The Kier molecular flexibility index (Phi) is 6.71. The van der Waals surface area contributed by atoms with E-state index in [9.17, 15) is 4.79 Å². The van der Waals surface area contributed by atoms with E-state index in [0.717, 1.165) is 25.8 Å². The standard InChI is InChI=1S/C27H37NO2/c1-7-26(5)18-24(30-25(29)23-12-10-9-11-13-23)21(4)27(6,8-2)28(26)19-22-16-14-20(3)15-17-22/h9-17,21,24H,7-8,18-19H2,1-6H3. The van der Waals surface area contributed by atoms with Crippen LogP contribution in [0.25, 0.3) is 0 Å². The van der Waals surface area contributed by atoms with E-state index in [1.165, 1.54) is 11.1 Å². The van der Waals surface area contributed by atoms with Crippen LogP contribution in [0.5, 0.6) is 0 Å². The van der Waals surface area contributed by atoms with Gasteiger partial charge in [0.25, 0.3) is 0 Å². The van der Waals surface area contributed by atoms with Gasteiger partial charge in [0.2, 0.25) is 0 Å². The van der Waals surface area contributed by atoms with E-state index in [2.05, 4.69) is 70.7 Å². The third-order valence-electron chi connectivity index (χ3n) is 7.65. The van der Waals surface area contributed by atoms with Crippen LogP contribution < -0.4 is 0 Å². The quantitative estimate of drug-likeness (QED) is 0.519. The Bertz CT molecular complexity index is 847. The van der Waals surface area contributed by atoms with E-state index in [1.807, 2.05) is 30.3 Å². The molecule has 2 aromatic carbocycles. The lowest BCUT2D eigenvalue weighted by atomic mass is 9.67. The Balaban J connectivity index is 1.89. The number of piperidine rings is 1. The van der Waals surface area contributed by atoms with Crippen molar-refractivity contribution in [2.75, 3.05) is 0 Å². The summed E-state index contributed by atoms with van der Waals surface area (Å²) in [6, 6.07) is 18.2. The zero-order chi connectivity index (χ0) is 21.9. The molecule has 0 radical (unpaired) electrons. The topological polar surface area (TPSA) is 29.5 Å². The van der Waals surface area contributed by atoms with Crippen molar-refractivity contribution in [2.45, 2.75) is 84.5 Å². The Hall–Kier alpha value is -2.13. The summed E-state index contributed by atoms with van der Waals surface area (Å²) in [6.07, 6.45) is 2.78. The summed E-state index contributed by atoms with van der Waals surface area (Å²) >= 11 is 0. The molecular formula is C27H37NO2. The molecule has 0 bridgehead atoms. The smallest absolute Gasteiger partial charge is 0.338 e. The number of benzene rings is 2. The number of nitrogens with zero attached hydrogens (tertiary/aromatic N) is 1. The first kappa shape index (κ1) is 22.6. The molecular weight excluding hydrogens is 370 g/mol. The van der Waals surface area contributed by atoms with E-state index in [4.69, 9.17) is 4.74 Å². The molecule has 1 saturated heterocycles. The number of aryl methyl sites for hydroxylation is 1. The van der Waals surface area contributed by atoms with Crippen molar-refractivity contribution >= 4 is 5.97 Å². The average Bonchev–Trinajstić information content (AvgIpc) is 2.76. The number of carbonyl (C=O) groups is 1. The van der Waals surface area contributed by atoms with Crippen LogP contribution >= 0.6 is 0 Å². The predicted octanol–water partition coefficient (Wildman–Crippen LogP) is 6.40. The molecule has 0 spiro atoms. The van der Waals surface area contributed by atoms with Crippen LogP contribution in [-0.2, 0) is 11.3 Å². The van der Waals surface area contributed by atoms with Crippen LogP contribution in [0.3, 0.4) is 0 Å². The van der Waals surface area contributed by atoms with Crippen LogP contribution in [0.1, 0.15) is 75.4 Å². The minimum Gasteiger partial charge on any atom is -0.458 e. The van der Waals surface area contributed by atoms with E-state index < -0.39 is 0 Å². The van der Waals surface area contributed by atoms with E-state index in [-0.39, 0.29) is 29.1 Å². The third kappa shape index (κ3) is 4.32. The first-order chi connectivity index (χ1) is 14.2. The molecule has 0 saturated carbocycles. The minimum atomic E-state index is -0.212. The molecule has 0 amide bonds. The molecule has 3 heteroatoms. The molecule has 162 valence electrons. The summed E-state index contributed by atoms with van der Waals surface area (Å²) in [4.78, 5) is 15.5. The van der Waals surface area contributed by atoms with Gasteiger partial charge < -0.3 is 4.74 Å². The van der Waals surface area contributed by atoms with Crippen molar-refractivity contribution in [2.24, 2.45) is 5.92 Å². The van der Waals surface area contributed by atoms with Gasteiger partial charge >= 0.3 is 5.97 Å². The fourth-order valence-electron chi connectivity index (χ4n) is 5.00. The molecule has 1 heterocycles. The van der Waals surface area contributed by atoms with Crippen molar-refractivity contribution in [3.8, 4) is 0 Å². The van der Waals surface area contributed by atoms with Crippen LogP contribution in [0.4, 0.5) is 0 Å². The molecule has 1 aliphatic rings. The van der Waals surface area contributed by atoms with Crippen molar-refractivity contribution in [3.05, 3.63) is 71.3 Å². The number of ether oxygens (including phenoxy) is 1. The van der Waals surface area contributed by atoms with E-state index in [0.29, 0.717) is 5.56 Å². The second-order valence-corrected chi connectivity index (χ2v) is 9.44. The highest BCUT2D eigenvalue weighted by molar-refractivity contribution is 5.89. The molecule has 4 unspecified atom stereocenters. The SMILES string of the molecule is CCC1(C)CC(OC(=O)c2ccccc2)C(C)C(C)(CC)N1Cc1ccc(C)cc1. The number of carbonyl (C=O) groups excluding carboxylic acids is 1. The maximum Gasteiger partial charge on any atom is 0.338 e. The van der Waals surface area contributed by atoms with Gasteiger partial charge in [-0.25, -0.2) is 4.79 Å². The molecule has 0 N–H and O–H groups in total. The normalized spacial score (nSPS) is 29.5. The van der Waals surface area contributed by atoms with Gasteiger partial charge in [-0.2, -0.15) is 0 Å². The predicted molar refractivity (Wildman–Crippen MR) is 124 cm³/mol. The van der Waals surface area contributed by atoms with Crippen molar-refractivity contribution in [1.82, 2.24) is 4.90 Å². The van der Waals surface area contributed by atoms with Crippen LogP contribution in [-0.4, -0.2) is 28.1 Å². The monoisotopic (exact) mass is 407 g/mol. The van der Waals surface area contributed by atoms with Gasteiger partial charge in [0.05, 0.1) is 5.56 Å². The Morgan fingerprint density at radius 1 is 1.03 bits per heavy atom. The second-order valence-electron chi connectivity index (χ2n) is 9.44. The maximum atomic E-state index is 12.8. The lowest BCUT2D eigenvalue weighted by Gasteiger charge is -2.60.